The Hall–Kier alpha value is -0.0400. The Labute approximate surface area is 65.4 Å². The SMILES string of the molecule is CCC(C)C(CC)N(C)C. The van der Waals surface area contributed by atoms with Crippen molar-refractivity contribution in [3.63, 3.8) is 0 Å². The average molecular weight is 143 g/mol. The molecule has 0 aliphatic rings. The van der Waals surface area contributed by atoms with Crippen molar-refractivity contribution in [2.75, 3.05) is 14.1 Å². The fourth-order valence-electron chi connectivity index (χ4n) is 1.55. The Morgan fingerprint density at radius 1 is 1.10 bits per heavy atom. The lowest BCUT2D eigenvalue weighted by Crippen LogP contribution is -2.32. The summed E-state index contributed by atoms with van der Waals surface area (Å²) >= 11 is 0. The van der Waals surface area contributed by atoms with Crippen LogP contribution in [0.1, 0.15) is 33.6 Å². The molecule has 1 heteroatoms. The largest absolute Gasteiger partial charge is 0.306 e. The zero-order valence-electron chi connectivity index (χ0n) is 8.02. The molecule has 2 unspecified atom stereocenters. The number of rotatable bonds is 4. The monoisotopic (exact) mass is 143 g/mol. The third-order valence-corrected chi connectivity index (χ3v) is 2.38. The number of nitrogens with zero attached hydrogens (tertiary/aromatic N) is 1. The summed E-state index contributed by atoms with van der Waals surface area (Å²) in [5, 5.41) is 0. The molecule has 0 saturated heterocycles. The Bertz CT molecular complexity index is 78.8. The molecular formula is C9H21N. The van der Waals surface area contributed by atoms with Crippen LogP contribution in [0.3, 0.4) is 0 Å². The van der Waals surface area contributed by atoms with Crippen LogP contribution in [0.25, 0.3) is 0 Å². The lowest BCUT2D eigenvalue weighted by molar-refractivity contribution is 0.210. The summed E-state index contributed by atoms with van der Waals surface area (Å²) in [5.41, 5.74) is 0. The van der Waals surface area contributed by atoms with Gasteiger partial charge in [0.15, 0.2) is 0 Å². The summed E-state index contributed by atoms with van der Waals surface area (Å²) in [5.74, 6) is 0.833. The maximum Gasteiger partial charge on any atom is 0.0112 e. The van der Waals surface area contributed by atoms with Gasteiger partial charge in [0.2, 0.25) is 0 Å². The van der Waals surface area contributed by atoms with Crippen molar-refractivity contribution in [3.05, 3.63) is 0 Å². The zero-order chi connectivity index (χ0) is 8.15. The van der Waals surface area contributed by atoms with E-state index in [0.29, 0.717) is 0 Å². The quantitative estimate of drug-likeness (QED) is 0.584. The molecule has 0 bridgehead atoms. The normalized spacial score (nSPS) is 17.4. The molecule has 0 rings (SSSR count). The van der Waals surface area contributed by atoms with Crippen molar-refractivity contribution in [2.45, 2.75) is 39.7 Å². The highest BCUT2D eigenvalue weighted by Crippen LogP contribution is 2.14. The highest BCUT2D eigenvalue weighted by molar-refractivity contribution is 4.69. The van der Waals surface area contributed by atoms with Crippen LogP contribution in [-0.4, -0.2) is 25.0 Å². The maximum atomic E-state index is 2.33. The van der Waals surface area contributed by atoms with Gasteiger partial charge in [-0.15, -0.1) is 0 Å². The molecule has 0 heterocycles. The van der Waals surface area contributed by atoms with Crippen molar-refractivity contribution < 1.29 is 0 Å². The summed E-state index contributed by atoms with van der Waals surface area (Å²) in [6, 6.07) is 0.769. The minimum atomic E-state index is 0.769. The summed E-state index contributed by atoms with van der Waals surface area (Å²) in [6.45, 7) is 6.85. The molecular weight excluding hydrogens is 122 g/mol. The van der Waals surface area contributed by atoms with Crippen LogP contribution in [0.5, 0.6) is 0 Å². The predicted octanol–water partition coefficient (Wildman–Crippen LogP) is 2.37. The van der Waals surface area contributed by atoms with Crippen molar-refractivity contribution in [1.29, 1.82) is 0 Å². The second-order valence-electron chi connectivity index (χ2n) is 3.32. The molecule has 0 aromatic carbocycles. The van der Waals surface area contributed by atoms with Crippen LogP contribution < -0.4 is 0 Å². The van der Waals surface area contributed by atoms with Gasteiger partial charge in [-0.3, -0.25) is 0 Å². The van der Waals surface area contributed by atoms with Gasteiger partial charge in [-0.25, -0.2) is 0 Å². The Kier molecular flexibility index (Phi) is 4.71. The molecule has 0 fully saturated rings. The molecule has 0 amide bonds. The van der Waals surface area contributed by atoms with Crippen LogP contribution in [0, 0.1) is 5.92 Å². The minimum Gasteiger partial charge on any atom is -0.306 e. The molecule has 10 heavy (non-hydrogen) atoms. The Morgan fingerprint density at radius 2 is 1.60 bits per heavy atom. The number of hydrogen-bond acceptors (Lipinski definition) is 1. The van der Waals surface area contributed by atoms with Crippen LogP contribution in [0.15, 0.2) is 0 Å². The Morgan fingerprint density at radius 3 is 1.70 bits per heavy atom. The molecule has 2 atom stereocenters. The van der Waals surface area contributed by atoms with Crippen LogP contribution in [0.4, 0.5) is 0 Å². The highest BCUT2D eigenvalue weighted by atomic mass is 15.1. The molecule has 0 aliphatic heterocycles. The summed E-state index contributed by atoms with van der Waals surface area (Å²) in [7, 11) is 4.33. The maximum absolute atomic E-state index is 2.33. The van der Waals surface area contributed by atoms with Gasteiger partial charge in [-0.2, -0.15) is 0 Å². The van der Waals surface area contributed by atoms with Gasteiger partial charge in [0.25, 0.3) is 0 Å². The summed E-state index contributed by atoms with van der Waals surface area (Å²) < 4.78 is 0. The van der Waals surface area contributed by atoms with E-state index in [0.717, 1.165) is 12.0 Å². The van der Waals surface area contributed by atoms with Crippen molar-refractivity contribution in [2.24, 2.45) is 5.92 Å². The van der Waals surface area contributed by atoms with E-state index < -0.39 is 0 Å². The van der Waals surface area contributed by atoms with Crippen LogP contribution >= 0.6 is 0 Å². The van der Waals surface area contributed by atoms with E-state index in [4.69, 9.17) is 0 Å². The van der Waals surface area contributed by atoms with E-state index in [2.05, 4.69) is 39.8 Å². The van der Waals surface area contributed by atoms with Crippen LogP contribution in [0.2, 0.25) is 0 Å². The smallest absolute Gasteiger partial charge is 0.0112 e. The van der Waals surface area contributed by atoms with Gasteiger partial charge in [0, 0.05) is 6.04 Å². The van der Waals surface area contributed by atoms with Crippen molar-refractivity contribution in [3.8, 4) is 0 Å². The van der Waals surface area contributed by atoms with E-state index in [1.807, 2.05) is 0 Å². The van der Waals surface area contributed by atoms with Crippen LogP contribution in [-0.2, 0) is 0 Å². The summed E-state index contributed by atoms with van der Waals surface area (Å²) in [4.78, 5) is 2.33. The van der Waals surface area contributed by atoms with Gasteiger partial charge >= 0.3 is 0 Å². The zero-order valence-corrected chi connectivity index (χ0v) is 8.02. The summed E-state index contributed by atoms with van der Waals surface area (Å²) in [6.07, 6.45) is 2.55. The van der Waals surface area contributed by atoms with Gasteiger partial charge < -0.3 is 4.90 Å². The first-order valence-corrected chi connectivity index (χ1v) is 4.29. The second-order valence-corrected chi connectivity index (χ2v) is 3.32. The topological polar surface area (TPSA) is 3.24 Å². The first-order valence-electron chi connectivity index (χ1n) is 4.29. The minimum absolute atomic E-state index is 0.769. The van der Waals surface area contributed by atoms with E-state index in [-0.39, 0.29) is 0 Å². The number of hydrogen-bond donors (Lipinski definition) is 0. The lowest BCUT2D eigenvalue weighted by atomic mass is 9.96. The van der Waals surface area contributed by atoms with Crippen molar-refractivity contribution in [1.82, 2.24) is 4.90 Å². The second kappa shape index (κ2) is 4.73. The van der Waals surface area contributed by atoms with Gasteiger partial charge in [0.1, 0.15) is 0 Å². The predicted molar refractivity (Wildman–Crippen MR) is 47.2 cm³/mol. The molecule has 1 nitrogen and oxygen atoms in total. The van der Waals surface area contributed by atoms with Gasteiger partial charge in [-0.1, -0.05) is 27.2 Å². The highest BCUT2D eigenvalue weighted by Gasteiger charge is 2.14. The van der Waals surface area contributed by atoms with Gasteiger partial charge in [0.05, 0.1) is 0 Å². The van der Waals surface area contributed by atoms with E-state index in [1.165, 1.54) is 12.8 Å². The Balaban J connectivity index is 3.80. The van der Waals surface area contributed by atoms with Crippen molar-refractivity contribution >= 4 is 0 Å². The molecule has 0 radical (unpaired) electrons. The molecule has 0 aromatic heterocycles. The molecule has 0 aromatic rings. The molecule has 0 saturated carbocycles. The first kappa shape index (κ1) is 9.96. The van der Waals surface area contributed by atoms with Gasteiger partial charge in [-0.05, 0) is 26.4 Å². The molecule has 0 spiro atoms. The lowest BCUT2D eigenvalue weighted by Gasteiger charge is -2.28. The standard InChI is InChI=1S/C9H21N/c1-6-8(3)9(7-2)10(4)5/h8-9H,6-7H2,1-5H3. The third-order valence-electron chi connectivity index (χ3n) is 2.38. The first-order chi connectivity index (χ1) is 4.63. The fraction of sp³-hybridized carbons (Fsp3) is 1.00. The fourth-order valence-corrected chi connectivity index (χ4v) is 1.55. The molecule has 0 N–H and O–H groups in total. The average Bonchev–Trinajstić information content (AvgIpc) is 1.88. The van der Waals surface area contributed by atoms with E-state index in [9.17, 15) is 0 Å². The molecule has 0 aliphatic carbocycles. The molecule has 62 valence electrons. The van der Waals surface area contributed by atoms with E-state index >= 15 is 0 Å². The third kappa shape index (κ3) is 2.70. The van der Waals surface area contributed by atoms with E-state index in [1.54, 1.807) is 0 Å².